The minimum Gasteiger partial charge on any atom is -0.535 e. The molecule has 8 nitrogen and oxygen atoms in total. The molecule has 1 unspecified atom stereocenters. The predicted octanol–water partition coefficient (Wildman–Crippen LogP) is -0.000700. The first kappa shape index (κ1) is 17.2. The van der Waals surface area contributed by atoms with Gasteiger partial charge in [0.15, 0.2) is 0 Å². The topological polar surface area (TPSA) is 108 Å². The summed E-state index contributed by atoms with van der Waals surface area (Å²) < 4.78 is 11.2. The SMILES string of the molecule is O=C(O)c1c(OC2CN(C(=O)C3CCNC3)C2)ccc2c1OB(O)CC2. The van der Waals surface area contributed by atoms with Gasteiger partial charge in [0.1, 0.15) is 23.2 Å². The molecule has 9 heteroatoms. The fourth-order valence-corrected chi connectivity index (χ4v) is 3.71. The Balaban J connectivity index is 1.45. The Morgan fingerprint density at radius 1 is 1.35 bits per heavy atom. The van der Waals surface area contributed by atoms with Crippen molar-refractivity contribution in [1.82, 2.24) is 10.2 Å². The van der Waals surface area contributed by atoms with E-state index in [0.29, 0.717) is 32.4 Å². The summed E-state index contributed by atoms with van der Waals surface area (Å²) >= 11 is 0. The molecular weight excluding hydrogens is 339 g/mol. The number of rotatable bonds is 4. The molecule has 0 saturated carbocycles. The first-order valence-electron chi connectivity index (χ1n) is 8.93. The molecule has 1 aromatic carbocycles. The van der Waals surface area contributed by atoms with E-state index in [1.165, 1.54) is 0 Å². The second-order valence-electron chi connectivity index (χ2n) is 7.02. The normalized spacial score (nSPS) is 22.4. The lowest BCUT2D eigenvalue weighted by molar-refractivity contribution is -0.143. The summed E-state index contributed by atoms with van der Waals surface area (Å²) in [6, 6.07) is 3.41. The standard InChI is InChI=1S/C17H21BN2O6/c21-16(11-4-6-19-7-11)20-8-12(9-20)25-13-2-1-10-3-5-18(24)26-15(10)14(13)17(22)23/h1-2,11-12,19,24H,3-9H2,(H,22,23). The Labute approximate surface area is 151 Å². The molecule has 0 aliphatic carbocycles. The molecule has 3 N–H and O–H groups in total. The van der Waals surface area contributed by atoms with Crippen molar-refractivity contribution in [1.29, 1.82) is 0 Å². The number of hydrogen-bond donors (Lipinski definition) is 3. The largest absolute Gasteiger partial charge is 0.535 e. The quantitative estimate of drug-likeness (QED) is 0.649. The first-order chi connectivity index (χ1) is 12.5. The molecule has 2 fully saturated rings. The Morgan fingerprint density at radius 2 is 2.15 bits per heavy atom. The van der Waals surface area contributed by atoms with Gasteiger partial charge >= 0.3 is 13.1 Å². The van der Waals surface area contributed by atoms with Crippen molar-refractivity contribution in [3.05, 3.63) is 23.3 Å². The molecule has 0 aromatic heterocycles. The van der Waals surface area contributed by atoms with Crippen molar-refractivity contribution in [2.45, 2.75) is 25.3 Å². The Kier molecular flexibility index (Phi) is 4.50. The van der Waals surface area contributed by atoms with Crippen LogP contribution in [0.5, 0.6) is 11.5 Å². The van der Waals surface area contributed by atoms with Crippen LogP contribution in [0.4, 0.5) is 0 Å². The van der Waals surface area contributed by atoms with Gasteiger partial charge in [0.25, 0.3) is 0 Å². The van der Waals surface area contributed by atoms with Gasteiger partial charge in [0.2, 0.25) is 5.91 Å². The van der Waals surface area contributed by atoms with Crippen molar-refractivity contribution < 1.29 is 29.1 Å². The van der Waals surface area contributed by atoms with Crippen molar-refractivity contribution in [3.8, 4) is 11.5 Å². The summed E-state index contributed by atoms with van der Waals surface area (Å²) in [5, 5.41) is 22.5. The highest BCUT2D eigenvalue weighted by molar-refractivity contribution is 6.44. The minimum atomic E-state index is -1.16. The van der Waals surface area contributed by atoms with E-state index >= 15 is 0 Å². The highest BCUT2D eigenvalue weighted by atomic mass is 16.5. The number of nitrogens with zero attached hydrogens (tertiary/aromatic N) is 1. The predicted molar refractivity (Wildman–Crippen MR) is 92.5 cm³/mol. The molecule has 4 rings (SSSR count). The number of carboxylic acids is 1. The number of fused-ring (bicyclic) bond motifs is 1. The third kappa shape index (κ3) is 3.12. The van der Waals surface area contributed by atoms with Gasteiger partial charge < -0.3 is 29.7 Å². The molecule has 3 aliphatic heterocycles. The average molecular weight is 360 g/mol. The van der Waals surface area contributed by atoms with Crippen LogP contribution in [-0.4, -0.2) is 66.3 Å². The monoisotopic (exact) mass is 360 g/mol. The van der Waals surface area contributed by atoms with Gasteiger partial charge in [-0.1, -0.05) is 6.07 Å². The molecule has 2 saturated heterocycles. The van der Waals surface area contributed by atoms with E-state index < -0.39 is 13.1 Å². The van der Waals surface area contributed by atoms with Crippen LogP contribution in [0.25, 0.3) is 0 Å². The number of aromatic carboxylic acids is 1. The number of carbonyl (C=O) groups is 2. The second kappa shape index (κ2) is 6.81. The third-order valence-electron chi connectivity index (χ3n) is 5.19. The van der Waals surface area contributed by atoms with Gasteiger partial charge in [0, 0.05) is 6.54 Å². The molecular formula is C17H21BN2O6. The van der Waals surface area contributed by atoms with Crippen LogP contribution in [0.1, 0.15) is 22.3 Å². The highest BCUT2D eigenvalue weighted by Crippen LogP contribution is 2.37. The maximum atomic E-state index is 12.3. The van der Waals surface area contributed by atoms with Gasteiger partial charge in [-0.05, 0) is 37.3 Å². The number of likely N-dealkylation sites (tertiary alicyclic amines) is 1. The van der Waals surface area contributed by atoms with Crippen LogP contribution in [-0.2, 0) is 11.2 Å². The van der Waals surface area contributed by atoms with E-state index in [9.17, 15) is 19.7 Å². The number of nitrogens with one attached hydrogen (secondary N) is 1. The van der Waals surface area contributed by atoms with Gasteiger partial charge in [-0.15, -0.1) is 0 Å². The number of hydrogen-bond acceptors (Lipinski definition) is 6. The lowest BCUT2D eigenvalue weighted by atomic mass is 9.78. The van der Waals surface area contributed by atoms with Crippen LogP contribution in [0.3, 0.4) is 0 Å². The van der Waals surface area contributed by atoms with E-state index in [-0.39, 0.29) is 35.0 Å². The fourth-order valence-electron chi connectivity index (χ4n) is 3.71. The van der Waals surface area contributed by atoms with Gasteiger partial charge in [-0.25, -0.2) is 4.79 Å². The van der Waals surface area contributed by atoms with E-state index in [1.54, 1.807) is 17.0 Å². The molecule has 1 aromatic rings. The van der Waals surface area contributed by atoms with Crippen LogP contribution >= 0.6 is 0 Å². The van der Waals surface area contributed by atoms with Crippen LogP contribution in [0.2, 0.25) is 6.32 Å². The van der Waals surface area contributed by atoms with Crippen molar-refractivity contribution in [2.24, 2.45) is 5.92 Å². The smallest absolute Gasteiger partial charge is 0.522 e. The summed E-state index contributed by atoms with van der Waals surface area (Å²) in [6.07, 6.45) is 1.60. The van der Waals surface area contributed by atoms with Crippen LogP contribution in [0.15, 0.2) is 12.1 Å². The third-order valence-corrected chi connectivity index (χ3v) is 5.19. The Morgan fingerprint density at radius 3 is 2.85 bits per heavy atom. The molecule has 3 aliphatic rings. The van der Waals surface area contributed by atoms with Crippen molar-refractivity contribution >= 4 is 19.0 Å². The Bertz CT molecular complexity index is 730. The molecule has 0 bridgehead atoms. The average Bonchev–Trinajstić information content (AvgIpc) is 3.10. The molecule has 1 atom stereocenters. The minimum absolute atomic E-state index is 0.0316. The van der Waals surface area contributed by atoms with Crippen molar-refractivity contribution in [2.75, 3.05) is 26.2 Å². The molecule has 0 spiro atoms. The lowest BCUT2D eigenvalue weighted by Gasteiger charge is -2.40. The second-order valence-corrected chi connectivity index (χ2v) is 7.02. The number of benzene rings is 1. The number of carboxylic acid groups (broad SMARTS) is 1. The number of aryl methyl sites for hydroxylation is 1. The number of carbonyl (C=O) groups excluding carboxylic acids is 1. The maximum absolute atomic E-state index is 12.3. The Hall–Kier alpha value is -2.26. The molecule has 138 valence electrons. The van der Waals surface area contributed by atoms with E-state index in [2.05, 4.69) is 5.32 Å². The highest BCUT2D eigenvalue weighted by Gasteiger charge is 2.38. The van der Waals surface area contributed by atoms with E-state index in [0.717, 1.165) is 18.5 Å². The van der Waals surface area contributed by atoms with Crippen LogP contribution < -0.4 is 14.7 Å². The van der Waals surface area contributed by atoms with E-state index in [4.69, 9.17) is 9.39 Å². The van der Waals surface area contributed by atoms with E-state index in [1.807, 2.05) is 0 Å². The number of ether oxygens (including phenoxy) is 1. The summed E-state index contributed by atoms with van der Waals surface area (Å²) in [4.78, 5) is 25.8. The molecule has 1 amide bonds. The first-order valence-corrected chi connectivity index (χ1v) is 8.93. The zero-order valence-electron chi connectivity index (χ0n) is 14.3. The van der Waals surface area contributed by atoms with Crippen LogP contribution in [0, 0.1) is 5.92 Å². The summed E-state index contributed by atoms with van der Waals surface area (Å²) in [6.45, 7) is 2.49. The summed E-state index contributed by atoms with van der Waals surface area (Å²) in [5.41, 5.74) is 0.685. The van der Waals surface area contributed by atoms with Gasteiger partial charge in [-0.2, -0.15) is 0 Å². The molecule has 26 heavy (non-hydrogen) atoms. The molecule has 0 radical (unpaired) electrons. The zero-order chi connectivity index (χ0) is 18.3. The number of amides is 1. The van der Waals surface area contributed by atoms with Crippen molar-refractivity contribution in [3.63, 3.8) is 0 Å². The fraction of sp³-hybridized carbons (Fsp3) is 0.529. The van der Waals surface area contributed by atoms with Gasteiger partial charge in [-0.3, -0.25) is 4.79 Å². The maximum Gasteiger partial charge on any atom is 0.522 e. The summed E-state index contributed by atoms with van der Waals surface area (Å²) in [7, 11) is -1.01. The molecule has 3 heterocycles. The van der Waals surface area contributed by atoms with Gasteiger partial charge in [0.05, 0.1) is 19.0 Å². The lowest BCUT2D eigenvalue weighted by Crippen LogP contribution is -2.57. The zero-order valence-corrected chi connectivity index (χ0v) is 14.3. The summed E-state index contributed by atoms with van der Waals surface area (Å²) in [5.74, 6) is -0.604.